The summed E-state index contributed by atoms with van der Waals surface area (Å²) < 4.78 is 10.7. The Balaban J connectivity index is 2.12. The summed E-state index contributed by atoms with van der Waals surface area (Å²) in [6.07, 6.45) is 2.21. The average Bonchev–Trinajstić information content (AvgIpc) is 2.34. The Bertz CT molecular complexity index is 272. The maximum absolute atomic E-state index is 5.59. The monoisotopic (exact) mass is 223 g/mol. The molecule has 0 unspecified atom stereocenters. The molecule has 3 heteroatoms. The Morgan fingerprint density at radius 3 is 2.38 bits per heavy atom. The van der Waals surface area contributed by atoms with Crippen LogP contribution in [0.15, 0.2) is 24.3 Å². The van der Waals surface area contributed by atoms with Crippen molar-refractivity contribution in [2.45, 2.75) is 19.8 Å². The van der Waals surface area contributed by atoms with Crippen LogP contribution in [-0.4, -0.2) is 26.8 Å². The molecule has 0 spiro atoms. The molecular weight excluding hydrogens is 202 g/mol. The zero-order valence-corrected chi connectivity index (χ0v) is 10.2. The molecule has 0 heterocycles. The first-order valence-corrected chi connectivity index (χ1v) is 5.84. The van der Waals surface area contributed by atoms with Gasteiger partial charge in [-0.25, -0.2) is 0 Å². The van der Waals surface area contributed by atoms with E-state index >= 15 is 0 Å². The van der Waals surface area contributed by atoms with Crippen molar-refractivity contribution in [1.29, 1.82) is 0 Å². The zero-order valence-electron chi connectivity index (χ0n) is 10.2. The second-order valence-electron chi connectivity index (χ2n) is 3.63. The molecule has 1 N–H and O–H groups in total. The van der Waals surface area contributed by atoms with Crippen molar-refractivity contribution in [1.82, 2.24) is 5.32 Å². The maximum atomic E-state index is 5.59. The molecule has 0 aromatic heterocycles. The van der Waals surface area contributed by atoms with Crippen molar-refractivity contribution in [2.24, 2.45) is 0 Å². The first-order valence-electron chi connectivity index (χ1n) is 5.84. The summed E-state index contributed by atoms with van der Waals surface area (Å²) in [5.41, 5.74) is 0. The summed E-state index contributed by atoms with van der Waals surface area (Å²) in [5, 5.41) is 3.34. The Morgan fingerprint density at radius 1 is 1.06 bits per heavy atom. The van der Waals surface area contributed by atoms with Crippen molar-refractivity contribution in [2.75, 3.05) is 26.8 Å². The van der Waals surface area contributed by atoms with Gasteiger partial charge in [-0.2, -0.15) is 0 Å². The van der Waals surface area contributed by atoms with Crippen LogP contribution in [0.1, 0.15) is 19.8 Å². The van der Waals surface area contributed by atoms with Crippen molar-refractivity contribution in [3.05, 3.63) is 24.3 Å². The quantitative estimate of drug-likeness (QED) is 0.687. The number of hydrogen-bond acceptors (Lipinski definition) is 3. The van der Waals surface area contributed by atoms with Gasteiger partial charge in [0.25, 0.3) is 0 Å². The van der Waals surface area contributed by atoms with Gasteiger partial charge in [-0.3, -0.25) is 0 Å². The molecule has 16 heavy (non-hydrogen) atoms. The van der Waals surface area contributed by atoms with E-state index in [-0.39, 0.29) is 0 Å². The minimum Gasteiger partial charge on any atom is -0.497 e. The van der Waals surface area contributed by atoms with Gasteiger partial charge >= 0.3 is 0 Å². The molecule has 0 radical (unpaired) electrons. The Hall–Kier alpha value is -1.22. The number of rotatable bonds is 8. The molecule has 0 saturated heterocycles. The lowest BCUT2D eigenvalue weighted by Gasteiger charge is -2.07. The molecule has 1 aromatic carbocycles. The van der Waals surface area contributed by atoms with Crippen LogP contribution in [0, 0.1) is 0 Å². The van der Waals surface area contributed by atoms with Gasteiger partial charge in [0.05, 0.1) is 13.7 Å². The molecule has 0 atom stereocenters. The summed E-state index contributed by atoms with van der Waals surface area (Å²) in [6, 6.07) is 7.67. The molecule has 0 aliphatic carbocycles. The van der Waals surface area contributed by atoms with E-state index in [0.717, 1.165) is 37.6 Å². The molecule has 1 aromatic rings. The highest BCUT2D eigenvalue weighted by Crippen LogP contribution is 2.16. The van der Waals surface area contributed by atoms with Gasteiger partial charge in [0.1, 0.15) is 11.5 Å². The molecule has 0 fully saturated rings. The van der Waals surface area contributed by atoms with Gasteiger partial charge in [-0.15, -0.1) is 0 Å². The number of benzene rings is 1. The fraction of sp³-hybridized carbons (Fsp3) is 0.538. The summed E-state index contributed by atoms with van der Waals surface area (Å²) in [4.78, 5) is 0. The van der Waals surface area contributed by atoms with Gasteiger partial charge in [0.15, 0.2) is 0 Å². The molecule has 0 aliphatic rings. The normalized spacial score (nSPS) is 10.1. The highest BCUT2D eigenvalue weighted by atomic mass is 16.5. The predicted molar refractivity (Wildman–Crippen MR) is 66.3 cm³/mol. The Morgan fingerprint density at radius 2 is 1.75 bits per heavy atom. The molecule has 1 rings (SSSR count). The smallest absolute Gasteiger partial charge is 0.119 e. The van der Waals surface area contributed by atoms with Crippen LogP contribution in [0.5, 0.6) is 11.5 Å². The molecule has 0 aliphatic heterocycles. The zero-order chi connectivity index (χ0) is 11.6. The highest BCUT2D eigenvalue weighted by molar-refractivity contribution is 5.31. The van der Waals surface area contributed by atoms with E-state index in [4.69, 9.17) is 9.47 Å². The lowest BCUT2D eigenvalue weighted by atomic mass is 10.3. The molecule has 0 saturated carbocycles. The van der Waals surface area contributed by atoms with E-state index < -0.39 is 0 Å². The highest BCUT2D eigenvalue weighted by Gasteiger charge is 1.94. The first kappa shape index (κ1) is 12.8. The Kier molecular flexibility index (Phi) is 6.42. The van der Waals surface area contributed by atoms with Gasteiger partial charge < -0.3 is 14.8 Å². The summed E-state index contributed by atoms with van der Waals surface area (Å²) >= 11 is 0. The van der Waals surface area contributed by atoms with Crippen LogP contribution < -0.4 is 14.8 Å². The second-order valence-corrected chi connectivity index (χ2v) is 3.63. The molecule has 90 valence electrons. The second kappa shape index (κ2) is 7.99. The van der Waals surface area contributed by atoms with Gasteiger partial charge in [-0.05, 0) is 50.2 Å². The summed E-state index contributed by atoms with van der Waals surface area (Å²) in [7, 11) is 1.66. The van der Waals surface area contributed by atoms with E-state index in [1.54, 1.807) is 7.11 Å². The molecule has 0 bridgehead atoms. The van der Waals surface area contributed by atoms with Crippen molar-refractivity contribution in [3.8, 4) is 11.5 Å². The summed E-state index contributed by atoms with van der Waals surface area (Å²) in [5.74, 6) is 1.76. The van der Waals surface area contributed by atoms with Crippen molar-refractivity contribution >= 4 is 0 Å². The number of methoxy groups -OCH3 is 1. The predicted octanol–water partition coefficient (Wildman–Crippen LogP) is 2.46. The average molecular weight is 223 g/mol. The lowest BCUT2D eigenvalue weighted by Crippen LogP contribution is -2.17. The fourth-order valence-corrected chi connectivity index (χ4v) is 1.36. The number of ether oxygens (including phenoxy) is 2. The molecule has 3 nitrogen and oxygen atoms in total. The van der Waals surface area contributed by atoms with Crippen molar-refractivity contribution < 1.29 is 9.47 Å². The SMILES string of the molecule is CCCNCCCOc1ccc(OC)cc1. The largest absolute Gasteiger partial charge is 0.497 e. The van der Waals surface area contributed by atoms with E-state index in [1.165, 1.54) is 6.42 Å². The van der Waals surface area contributed by atoms with Crippen LogP contribution in [0.25, 0.3) is 0 Å². The van der Waals surface area contributed by atoms with Crippen LogP contribution in [0.2, 0.25) is 0 Å². The van der Waals surface area contributed by atoms with Crippen molar-refractivity contribution in [3.63, 3.8) is 0 Å². The Labute approximate surface area is 97.8 Å². The number of nitrogens with one attached hydrogen (secondary N) is 1. The van der Waals surface area contributed by atoms with Gasteiger partial charge in [0, 0.05) is 0 Å². The van der Waals surface area contributed by atoms with Crippen LogP contribution in [0.3, 0.4) is 0 Å². The topological polar surface area (TPSA) is 30.5 Å². The molecular formula is C13H21NO2. The first-order chi connectivity index (χ1) is 7.86. The lowest BCUT2D eigenvalue weighted by molar-refractivity contribution is 0.307. The van der Waals surface area contributed by atoms with E-state index in [0.29, 0.717) is 0 Å². The van der Waals surface area contributed by atoms with E-state index in [9.17, 15) is 0 Å². The van der Waals surface area contributed by atoms with Crippen LogP contribution in [-0.2, 0) is 0 Å². The van der Waals surface area contributed by atoms with E-state index in [1.807, 2.05) is 24.3 Å². The van der Waals surface area contributed by atoms with Crippen LogP contribution >= 0.6 is 0 Å². The summed E-state index contributed by atoms with van der Waals surface area (Å²) in [6.45, 7) is 5.02. The van der Waals surface area contributed by atoms with Gasteiger partial charge in [-0.1, -0.05) is 6.92 Å². The third-order valence-electron chi connectivity index (χ3n) is 2.25. The van der Waals surface area contributed by atoms with Crippen LogP contribution in [0.4, 0.5) is 0 Å². The maximum Gasteiger partial charge on any atom is 0.119 e. The standard InChI is InChI=1S/C13H21NO2/c1-3-9-14-10-4-11-16-13-7-5-12(15-2)6-8-13/h5-8,14H,3-4,9-11H2,1-2H3. The third kappa shape index (κ3) is 5.03. The van der Waals surface area contributed by atoms with E-state index in [2.05, 4.69) is 12.2 Å². The minimum atomic E-state index is 0.753. The third-order valence-corrected chi connectivity index (χ3v) is 2.25. The minimum absolute atomic E-state index is 0.753. The fourth-order valence-electron chi connectivity index (χ4n) is 1.36. The van der Waals surface area contributed by atoms with Gasteiger partial charge in [0.2, 0.25) is 0 Å². The number of hydrogen-bond donors (Lipinski definition) is 1. The molecule has 0 amide bonds.